The van der Waals surface area contributed by atoms with Gasteiger partial charge in [0.05, 0.1) is 7.11 Å². The second kappa shape index (κ2) is 10.7. The number of benzene rings is 1. The molecule has 1 fully saturated rings. The van der Waals surface area contributed by atoms with Gasteiger partial charge in [0, 0.05) is 19.6 Å². The molecule has 0 aliphatic heterocycles. The van der Waals surface area contributed by atoms with Crippen LogP contribution in [0.3, 0.4) is 0 Å². The van der Waals surface area contributed by atoms with Crippen LogP contribution in [0.2, 0.25) is 0 Å². The van der Waals surface area contributed by atoms with Gasteiger partial charge in [0.25, 0.3) is 0 Å². The minimum atomic E-state index is 0. The van der Waals surface area contributed by atoms with E-state index in [9.17, 15) is 0 Å². The summed E-state index contributed by atoms with van der Waals surface area (Å²) in [6.45, 7) is 0.854. The lowest BCUT2D eigenvalue weighted by Gasteiger charge is -2.24. The molecule has 1 saturated carbocycles. The summed E-state index contributed by atoms with van der Waals surface area (Å²) in [4.78, 5) is 4.32. The van der Waals surface area contributed by atoms with Crippen LogP contribution in [0.5, 0.6) is 5.75 Å². The maximum absolute atomic E-state index is 5.38. The summed E-state index contributed by atoms with van der Waals surface area (Å²) in [6, 6.07) is 8.74. The number of aliphatic imine (C=N–C) groups is 1. The third kappa shape index (κ3) is 6.02. The first-order valence-corrected chi connectivity index (χ1v) is 7.92. The molecule has 124 valence electrons. The van der Waals surface area contributed by atoms with Crippen molar-refractivity contribution in [3.8, 4) is 5.75 Å². The molecule has 0 unspecified atom stereocenters. The average molecular weight is 417 g/mol. The highest BCUT2D eigenvalue weighted by Gasteiger charge is 2.14. The Morgan fingerprint density at radius 2 is 1.95 bits per heavy atom. The van der Waals surface area contributed by atoms with Gasteiger partial charge in [-0.2, -0.15) is 0 Å². The summed E-state index contributed by atoms with van der Waals surface area (Å²) in [7, 11) is 3.55. The van der Waals surface area contributed by atoms with Crippen molar-refractivity contribution in [3.63, 3.8) is 0 Å². The van der Waals surface area contributed by atoms with Crippen LogP contribution in [0.15, 0.2) is 29.3 Å². The van der Waals surface area contributed by atoms with Crippen molar-refractivity contribution in [1.82, 2.24) is 10.6 Å². The number of halogens is 1. The molecule has 1 aliphatic rings. The van der Waals surface area contributed by atoms with E-state index < -0.39 is 0 Å². The molecule has 2 rings (SSSR count). The first-order valence-electron chi connectivity index (χ1n) is 7.92. The highest BCUT2D eigenvalue weighted by molar-refractivity contribution is 14.0. The standard InChI is InChI=1S/C17H27N3O.HI/c1-18-17(20-15-9-4-3-5-10-15)19-13-12-14-8-6-7-11-16(14)21-2;/h6-8,11,15H,3-5,9-10,12-13H2,1-2H3,(H2,18,19,20);1H. The van der Waals surface area contributed by atoms with Crippen molar-refractivity contribution in [3.05, 3.63) is 29.8 Å². The van der Waals surface area contributed by atoms with Crippen LogP contribution < -0.4 is 15.4 Å². The van der Waals surface area contributed by atoms with Gasteiger partial charge in [0.15, 0.2) is 5.96 Å². The highest BCUT2D eigenvalue weighted by atomic mass is 127. The predicted molar refractivity (Wildman–Crippen MR) is 103 cm³/mol. The predicted octanol–water partition coefficient (Wildman–Crippen LogP) is 3.35. The Hall–Kier alpha value is -0.980. The zero-order valence-corrected chi connectivity index (χ0v) is 15.9. The van der Waals surface area contributed by atoms with E-state index in [1.54, 1.807) is 7.11 Å². The lowest BCUT2D eigenvalue weighted by molar-refractivity contribution is 0.407. The van der Waals surface area contributed by atoms with E-state index in [1.165, 1.54) is 37.7 Å². The molecule has 4 nitrogen and oxygen atoms in total. The molecule has 5 heteroatoms. The minimum Gasteiger partial charge on any atom is -0.496 e. The van der Waals surface area contributed by atoms with E-state index in [1.807, 2.05) is 25.2 Å². The van der Waals surface area contributed by atoms with Crippen molar-refractivity contribution < 1.29 is 4.74 Å². The Bertz CT molecular complexity index is 459. The Kier molecular flexibility index (Phi) is 9.27. The van der Waals surface area contributed by atoms with Crippen LogP contribution in [0.4, 0.5) is 0 Å². The van der Waals surface area contributed by atoms with Crippen LogP contribution in [0.1, 0.15) is 37.7 Å². The molecule has 0 saturated heterocycles. The first kappa shape index (κ1) is 19.1. The van der Waals surface area contributed by atoms with E-state index >= 15 is 0 Å². The molecule has 0 amide bonds. The Labute approximate surface area is 151 Å². The fraction of sp³-hybridized carbons (Fsp3) is 0.588. The summed E-state index contributed by atoms with van der Waals surface area (Å²) in [6.07, 6.45) is 7.47. The van der Waals surface area contributed by atoms with Crippen molar-refractivity contribution in [2.45, 2.75) is 44.6 Å². The van der Waals surface area contributed by atoms with E-state index in [0.29, 0.717) is 6.04 Å². The van der Waals surface area contributed by atoms with E-state index in [4.69, 9.17) is 4.74 Å². The molecule has 0 radical (unpaired) electrons. The topological polar surface area (TPSA) is 45.7 Å². The minimum absolute atomic E-state index is 0. The fourth-order valence-electron chi connectivity index (χ4n) is 2.86. The second-order valence-corrected chi connectivity index (χ2v) is 5.54. The molecule has 0 spiro atoms. The summed E-state index contributed by atoms with van der Waals surface area (Å²) in [5.74, 6) is 1.87. The number of hydrogen-bond donors (Lipinski definition) is 2. The third-order valence-electron chi connectivity index (χ3n) is 4.05. The SMILES string of the molecule is CN=C(NCCc1ccccc1OC)NC1CCCCC1.I. The Balaban J connectivity index is 0.00000242. The zero-order chi connectivity index (χ0) is 14.9. The number of para-hydroxylation sites is 1. The second-order valence-electron chi connectivity index (χ2n) is 5.54. The molecule has 1 aliphatic carbocycles. The highest BCUT2D eigenvalue weighted by Crippen LogP contribution is 2.18. The molecular weight excluding hydrogens is 389 g/mol. The number of nitrogens with one attached hydrogen (secondary N) is 2. The molecule has 1 aromatic carbocycles. The van der Waals surface area contributed by atoms with E-state index in [-0.39, 0.29) is 24.0 Å². The fourth-order valence-corrected chi connectivity index (χ4v) is 2.86. The maximum Gasteiger partial charge on any atom is 0.191 e. The van der Waals surface area contributed by atoms with E-state index in [2.05, 4.69) is 21.7 Å². The van der Waals surface area contributed by atoms with Gasteiger partial charge < -0.3 is 15.4 Å². The first-order chi connectivity index (χ1) is 10.3. The molecular formula is C17H28IN3O. The van der Waals surface area contributed by atoms with Crippen molar-refractivity contribution >= 4 is 29.9 Å². The zero-order valence-electron chi connectivity index (χ0n) is 13.6. The number of hydrogen-bond acceptors (Lipinski definition) is 2. The monoisotopic (exact) mass is 417 g/mol. The summed E-state index contributed by atoms with van der Waals surface area (Å²) < 4.78 is 5.38. The van der Waals surface area contributed by atoms with Gasteiger partial charge in [0.2, 0.25) is 0 Å². The van der Waals surface area contributed by atoms with Crippen LogP contribution >= 0.6 is 24.0 Å². The van der Waals surface area contributed by atoms with Gasteiger partial charge in [-0.1, -0.05) is 37.5 Å². The molecule has 22 heavy (non-hydrogen) atoms. The lowest BCUT2D eigenvalue weighted by atomic mass is 9.96. The van der Waals surface area contributed by atoms with Gasteiger partial charge in [-0.25, -0.2) is 0 Å². The number of nitrogens with zero attached hydrogens (tertiary/aromatic N) is 1. The number of ether oxygens (including phenoxy) is 1. The van der Waals surface area contributed by atoms with Crippen LogP contribution in [-0.2, 0) is 6.42 Å². The number of rotatable bonds is 5. The van der Waals surface area contributed by atoms with E-state index in [0.717, 1.165) is 24.7 Å². The number of methoxy groups -OCH3 is 1. The summed E-state index contributed by atoms with van der Waals surface area (Å²) in [5.41, 5.74) is 1.22. The van der Waals surface area contributed by atoms with Crippen LogP contribution in [0.25, 0.3) is 0 Å². The normalized spacial score (nSPS) is 15.8. The third-order valence-corrected chi connectivity index (χ3v) is 4.05. The molecule has 0 atom stereocenters. The van der Waals surface area contributed by atoms with Crippen molar-refractivity contribution in [2.75, 3.05) is 20.7 Å². The molecule has 0 aromatic heterocycles. The largest absolute Gasteiger partial charge is 0.496 e. The van der Waals surface area contributed by atoms with Crippen LogP contribution in [-0.4, -0.2) is 32.7 Å². The van der Waals surface area contributed by atoms with Gasteiger partial charge in [-0.3, -0.25) is 4.99 Å². The molecule has 2 N–H and O–H groups in total. The lowest BCUT2D eigenvalue weighted by Crippen LogP contribution is -2.44. The van der Waals surface area contributed by atoms with Gasteiger partial charge >= 0.3 is 0 Å². The average Bonchev–Trinajstić information content (AvgIpc) is 2.55. The maximum atomic E-state index is 5.38. The van der Waals surface area contributed by atoms with Crippen molar-refractivity contribution in [1.29, 1.82) is 0 Å². The van der Waals surface area contributed by atoms with Crippen LogP contribution in [0, 0.1) is 0 Å². The Morgan fingerprint density at radius 1 is 1.23 bits per heavy atom. The molecule has 0 bridgehead atoms. The van der Waals surface area contributed by atoms with Gasteiger partial charge in [-0.05, 0) is 30.9 Å². The van der Waals surface area contributed by atoms with Crippen molar-refractivity contribution in [2.24, 2.45) is 4.99 Å². The number of guanidine groups is 1. The molecule has 0 heterocycles. The van der Waals surface area contributed by atoms with Gasteiger partial charge in [0.1, 0.15) is 5.75 Å². The van der Waals surface area contributed by atoms with Gasteiger partial charge in [-0.15, -0.1) is 24.0 Å². The quantitative estimate of drug-likeness (QED) is 0.439. The summed E-state index contributed by atoms with van der Waals surface area (Å²) in [5, 5.41) is 6.93. The Morgan fingerprint density at radius 3 is 2.64 bits per heavy atom. The molecule has 1 aromatic rings. The summed E-state index contributed by atoms with van der Waals surface area (Å²) >= 11 is 0. The smallest absolute Gasteiger partial charge is 0.191 e.